The van der Waals surface area contributed by atoms with Gasteiger partial charge in [-0.15, -0.1) is 0 Å². The highest BCUT2D eigenvalue weighted by molar-refractivity contribution is 7.91. The van der Waals surface area contributed by atoms with E-state index in [1.165, 1.54) is 18.6 Å². The van der Waals surface area contributed by atoms with E-state index in [0.717, 1.165) is 0 Å². The Morgan fingerprint density at radius 2 is 2.21 bits per heavy atom. The zero-order valence-electron chi connectivity index (χ0n) is 7.75. The number of fused-ring (bicyclic) bond motifs is 1. The minimum absolute atomic E-state index is 0.129. The van der Waals surface area contributed by atoms with Gasteiger partial charge in [-0.3, -0.25) is 0 Å². The second-order valence-electron chi connectivity index (χ2n) is 3.42. The van der Waals surface area contributed by atoms with Crippen molar-refractivity contribution in [3.05, 3.63) is 12.3 Å². The summed E-state index contributed by atoms with van der Waals surface area (Å²) in [5, 5.41) is -0.620. The highest BCUT2D eigenvalue weighted by atomic mass is 32.2. The van der Waals surface area contributed by atoms with Crippen molar-refractivity contribution in [2.24, 2.45) is 0 Å². The molecule has 0 saturated carbocycles. The zero-order valence-corrected chi connectivity index (χ0v) is 8.57. The van der Waals surface area contributed by atoms with E-state index in [0.29, 0.717) is 6.61 Å². The summed E-state index contributed by atoms with van der Waals surface area (Å²) in [6.45, 7) is 0.505. The van der Waals surface area contributed by atoms with Crippen molar-refractivity contribution < 1.29 is 22.6 Å². The fraction of sp³-hybridized carbons (Fsp3) is 0.750. The minimum Gasteiger partial charge on any atom is -0.493 e. The molecule has 0 bridgehead atoms. The molecular formula is C8H12O5S. The molecule has 6 heteroatoms. The molecule has 0 aliphatic carbocycles. The zero-order chi connectivity index (χ0) is 10.2. The van der Waals surface area contributed by atoms with Gasteiger partial charge in [0.2, 0.25) is 0 Å². The lowest BCUT2D eigenvalue weighted by molar-refractivity contribution is -0.196. The summed E-state index contributed by atoms with van der Waals surface area (Å²) < 4.78 is 38.3. The van der Waals surface area contributed by atoms with E-state index in [2.05, 4.69) is 0 Å². The Labute approximate surface area is 82.6 Å². The molecule has 1 fully saturated rings. The van der Waals surface area contributed by atoms with E-state index in [1.807, 2.05) is 0 Å². The fourth-order valence-electron chi connectivity index (χ4n) is 1.64. The number of hydrogen-bond donors (Lipinski definition) is 0. The van der Waals surface area contributed by atoms with E-state index in [4.69, 9.17) is 14.2 Å². The first-order valence-corrected chi connectivity index (χ1v) is 6.25. The molecule has 2 heterocycles. The molecule has 0 unspecified atom stereocenters. The van der Waals surface area contributed by atoms with Crippen molar-refractivity contribution in [2.45, 2.75) is 17.5 Å². The maximum absolute atomic E-state index is 11.4. The van der Waals surface area contributed by atoms with Gasteiger partial charge in [0.25, 0.3) is 0 Å². The number of hydrogen-bond acceptors (Lipinski definition) is 5. The smallest absolute Gasteiger partial charge is 0.156 e. The van der Waals surface area contributed by atoms with Crippen molar-refractivity contribution in [2.75, 3.05) is 19.7 Å². The van der Waals surface area contributed by atoms with Gasteiger partial charge in [-0.2, -0.15) is 0 Å². The van der Waals surface area contributed by atoms with Gasteiger partial charge in [0.05, 0.1) is 12.9 Å². The first-order valence-electron chi connectivity index (χ1n) is 4.29. The van der Waals surface area contributed by atoms with Gasteiger partial charge in [0.1, 0.15) is 24.3 Å². The third-order valence-corrected chi connectivity index (χ3v) is 3.75. The second-order valence-corrected chi connectivity index (χ2v) is 5.62. The highest BCUT2D eigenvalue weighted by Crippen LogP contribution is 2.24. The van der Waals surface area contributed by atoms with Crippen LogP contribution in [-0.2, 0) is 24.0 Å². The maximum atomic E-state index is 11.4. The van der Waals surface area contributed by atoms with Gasteiger partial charge in [0.15, 0.2) is 9.84 Å². The molecule has 2 rings (SSSR count). The Kier molecular flexibility index (Phi) is 2.50. The van der Waals surface area contributed by atoms with Crippen LogP contribution in [0.15, 0.2) is 12.3 Å². The highest BCUT2D eigenvalue weighted by Gasteiger charge is 2.40. The Bertz CT molecular complexity index is 334. The molecule has 2 aliphatic heterocycles. The quantitative estimate of drug-likeness (QED) is 0.606. The SMILES string of the molecule is CS(=O)(=O)[C@@H]1C=CO[C@@H]2COCO[C@@H]12. The summed E-state index contributed by atoms with van der Waals surface area (Å²) in [6, 6.07) is 0. The van der Waals surface area contributed by atoms with Crippen LogP contribution in [0.4, 0.5) is 0 Å². The molecule has 0 aromatic heterocycles. The Hall–Kier alpha value is -0.590. The molecule has 1 saturated heterocycles. The van der Waals surface area contributed by atoms with E-state index < -0.39 is 21.2 Å². The lowest BCUT2D eigenvalue weighted by atomic mass is 10.1. The van der Waals surface area contributed by atoms with Crippen molar-refractivity contribution in [1.82, 2.24) is 0 Å². The Balaban J connectivity index is 2.25. The largest absolute Gasteiger partial charge is 0.493 e. The van der Waals surface area contributed by atoms with Crippen molar-refractivity contribution in [3.8, 4) is 0 Å². The first-order chi connectivity index (χ1) is 6.59. The van der Waals surface area contributed by atoms with Crippen LogP contribution in [0.1, 0.15) is 0 Å². The molecule has 0 spiro atoms. The van der Waals surface area contributed by atoms with Gasteiger partial charge in [-0.25, -0.2) is 8.42 Å². The summed E-state index contributed by atoms with van der Waals surface area (Å²) in [5.41, 5.74) is 0. The molecule has 3 atom stereocenters. The van der Waals surface area contributed by atoms with Crippen LogP contribution in [-0.4, -0.2) is 45.5 Å². The third kappa shape index (κ3) is 1.77. The van der Waals surface area contributed by atoms with Crippen LogP contribution in [0.2, 0.25) is 0 Å². The monoisotopic (exact) mass is 220 g/mol. The summed E-state index contributed by atoms with van der Waals surface area (Å²) in [7, 11) is -3.14. The number of sulfone groups is 1. The summed E-state index contributed by atoms with van der Waals surface area (Å²) in [6.07, 6.45) is 3.37. The van der Waals surface area contributed by atoms with Gasteiger partial charge < -0.3 is 14.2 Å². The molecule has 2 aliphatic rings. The van der Waals surface area contributed by atoms with Crippen LogP contribution >= 0.6 is 0 Å². The lowest BCUT2D eigenvalue weighted by Gasteiger charge is -2.36. The minimum atomic E-state index is -3.14. The number of rotatable bonds is 1. The van der Waals surface area contributed by atoms with Gasteiger partial charge in [0, 0.05) is 6.26 Å². The molecule has 0 aromatic carbocycles. The average Bonchev–Trinajstić information content (AvgIpc) is 2.15. The lowest BCUT2D eigenvalue weighted by Crippen LogP contribution is -2.50. The standard InChI is InChI=1S/C8H12O5S/c1-14(9,10)7-2-3-12-6-4-11-5-13-8(6)7/h2-3,6-8H,4-5H2,1H3/t6-,7-,8-/m1/s1. The van der Waals surface area contributed by atoms with Gasteiger partial charge in [-0.05, 0) is 6.08 Å². The van der Waals surface area contributed by atoms with Crippen LogP contribution in [0.25, 0.3) is 0 Å². The number of ether oxygens (including phenoxy) is 3. The summed E-state index contributed by atoms with van der Waals surface area (Å²) >= 11 is 0. The molecule has 5 nitrogen and oxygen atoms in total. The third-order valence-electron chi connectivity index (χ3n) is 2.33. The molecule has 0 N–H and O–H groups in total. The van der Waals surface area contributed by atoms with Crippen LogP contribution < -0.4 is 0 Å². The fourth-order valence-corrected chi connectivity index (χ4v) is 2.73. The first kappa shape index (κ1) is 9.95. The molecule has 0 radical (unpaired) electrons. The van der Waals surface area contributed by atoms with E-state index in [9.17, 15) is 8.42 Å². The molecule has 0 amide bonds. The van der Waals surface area contributed by atoms with E-state index in [1.54, 1.807) is 0 Å². The van der Waals surface area contributed by atoms with Crippen LogP contribution in [0.3, 0.4) is 0 Å². The van der Waals surface area contributed by atoms with Gasteiger partial charge in [-0.1, -0.05) is 0 Å². The normalized spacial score (nSPS) is 37.4. The summed E-state index contributed by atoms with van der Waals surface area (Å²) in [5.74, 6) is 0. The second kappa shape index (κ2) is 3.52. The molecular weight excluding hydrogens is 208 g/mol. The predicted octanol–water partition coefficient (Wildman–Crippen LogP) is -0.315. The van der Waals surface area contributed by atoms with Crippen LogP contribution in [0.5, 0.6) is 0 Å². The van der Waals surface area contributed by atoms with Crippen LogP contribution in [0, 0.1) is 0 Å². The average molecular weight is 220 g/mol. The van der Waals surface area contributed by atoms with Crippen molar-refractivity contribution >= 4 is 9.84 Å². The van der Waals surface area contributed by atoms with E-state index in [-0.39, 0.29) is 12.9 Å². The Morgan fingerprint density at radius 1 is 1.43 bits per heavy atom. The Morgan fingerprint density at radius 3 is 2.93 bits per heavy atom. The van der Waals surface area contributed by atoms with Crippen molar-refractivity contribution in [3.63, 3.8) is 0 Å². The molecule has 14 heavy (non-hydrogen) atoms. The maximum Gasteiger partial charge on any atom is 0.156 e. The predicted molar refractivity (Wildman–Crippen MR) is 48.3 cm³/mol. The molecule has 80 valence electrons. The van der Waals surface area contributed by atoms with E-state index >= 15 is 0 Å². The van der Waals surface area contributed by atoms with Crippen molar-refractivity contribution in [1.29, 1.82) is 0 Å². The topological polar surface area (TPSA) is 61.8 Å². The molecule has 0 aromatic rings. The summed E-state index contributed by atoms with van der Waals surface area (Å²) in [4.78, 5) is 0. The van der Waals surface area contributed by atoms with Gasteiger partial charge >= 0.3 is 0 Å².